The van der Waals surface area contributed by atoms with Gasteiger partial charge < -0.3 is 10.1 Å². The molecule has 4 nitrogen and oxygen atoms in total. The number of nitrogens with one attached hydrogen (secondary N) is 1. The Bertz CT molecular complexity index is 696. The van der Waals surface area contributed by atoms with Crippen LogP contribution in [0.4, 0.5) is 5.82 Å². The lowest BCUT2D eigenvalue weighted by atomic mass is 9.89. The van der Waals surface area contributed by atoms with Crippen molar-refractivity contribution < 1.29 is 4.74 Å². The zero-order chi connectivity index (χ0) is 15.1. The van der Waals surface area contributed by atoms with Crippen LogP contribution in [0, 0.1) is 5.92 Å². The van der Waals surface area contributed by atoms with Crippen LogP contribution in [0.15, 0.2) is 0 Å². The molecule has 1 fully saturated rings. The minimum Gasteiger partial charge on any atom is -0.376 e. The summed E-state index contributed by atoms with van der Waals surface area (Å²) in [6.07, 6.45) is 6.08. The summed E-state index contributed by atoms with van der Waals surface area (Å²) in [5.41, 5.74) is 1.43. The number of hydrogen-bond acceptors (Lipinski definition) is 5. The van der Waals surface area contributed by atoms with Gasteiger partial charge in [-0.15, -0.1) is 11.3 Å². The van der Waals surface area contributed by atoms with Crippen LogP contribution in [0.3, 0.4) is 0 Å². The van der Waals surface area contributed by atoms with Gasteiger partial charge in [0.2, 0.25) is 5.28 Å². The Hall–Kier alpha value is -0.910. The summed E-state index contributed by atoms with van der Waals surface area (Å²) in [6.45, 7) is 3.99. The lowest BCUT2D eigenvalue weighted by Gasteiger charge is -2.18. The van der Waals surface area contributed by atoms with Crippen LogP contribution in [0.25, 0.3) is 10.2 Å². The van der Waals surface area contributed by atoms with Crippen molar-refractivity contribution in [3.05, 3.63) is 15.7 Å². The predicted molar refractivity (Wildman–Crippen MR) is 91.1 cm³/mol. The quantitative estimate of drug-likeness (QED) is 0.858. The highest BCUT2D eigenvalue weighted by molar-refractivity contribution is 7.19. The predicted octanol–water partition coefficient (Wildman–Crippen LogP) is 4.06. The van der Waals surface area contributed by atoms with E-state index in [0.717, 1.165) is 55.4 Å². The van der Waals surface area contributed by atoms with E-state index in [1.807, 2.05) is 0 Å². The van der Waals surface area contributed by atoms with Crippen LogP contribution < -0.4 is 5.32 Å². The molecule has 2 unspecified atom stereocenters. The number of nitrogens with zero attached hydrogens (tertiary/aromatic N) is 2. The van der Waals surface area contributed by atoms with E-state index in [4.69, 9.17) is 16.3 Å². The van der Waals surface area contributed by atoms with Crippen molar-refractivity contribution in [1.29, 1.82) is 0 Å². The van der Waals surface area contributed by atoms with E-state index in [1.54, 1.807) is 11.3 Å². The summed E-state index contributed by atoms with van der Waals surface area (Å²) in [4.78, 5) is 11.4. The minimum atomic E-state index is 0.290. The van der Waals surface area contributed by atoms with Crippen molar-refractivity contribution >= 4 is 39.0 Å². The van der Waals surface area contributed by atoms with E-state index < -0.39 is 0 Å². The van der Waals surface area contributed by atoms with Gasteiger partial charge in [-0.1, -0.05) is 6.92 Å². The highest BCUT2D eigenvalue weighted by Crippen LogP contribution is 2.40. The fourth-order valence-electron chi connectivity index (χ4n) is 3.46. The highest BCUT2D eigenvalue weighted by Gasteiger charge is 2.24. The SMILES string of the molecule is CC1CCc2c(sc3nc(Cl)nc(NCC4CCCO4)c23)C1. The van der Waals surface area contributed by atoms with Gasteiger partial charge in [0.15, 0.2) is 0 Å². The van der Waals surface area contributed by atoms with Crippen molar-refractivity contribution in [3.63, 3.8) is 0 Å². The Balaban J connectivity index is 1.69. The largest absolute Gasteiger partial charge is 0.376 e. The average molecular weight is 338 g/mol. The zero-order valence-electron chi connectivity index (χ0n) is 12.7. The standard InChI is InChI=1S/C16H20ClN3OS/c1-9-4-5-11-12(7-9)22-15-13(11)14(19-16(17)20-15)18-8-10-3-2-6-21-10/h9-10H,2-8H2,1H3,(H,18,19,20). The van der Waals surface area contributed by atoms with Gasteiger partial charge in [0.25, 0.3) is 0 Å². The molecule has 6 heteroatoms. The Morgan fingerprint density at radius 2 is 2.27 bits per heavy atom. The van der Waals surface area contributed by atoms with Gasteiger partial charge in [-0.3, -0.25) is 0 Å². The molecule has 3 heterocycles. The Morgan fingerprint density at radius 1 is 1.36 bits per heavy atom. The number of thiophene rings is 1. The first-order valence-corrected chi connectivity index (χ1v) is 9.23. The fraction of sp³-hybridized carbons (Fsp3) is 0.625. The van der Waals surface area contributed by atoms with E-state index >= 15 is 0 Å². The molecule has 118 valence electrons. The number of halogens is 1. The summed E-state index contributed by atoms with van der Waals surface area (Å²) >= 11 is 7.91. The van der Waals surface area contributed by atoms with Gasteiger partial charge >= 0.3 is 0 Å². The maximum absolute atomic E-state index is 6.12. The van der Waals surface area contributed by atoms with Crippen molar-refractivity contribution in [2.75, 3.05) is 18.5 Å². The number of hydrogen-bond donors (Lipinski definition) is 1. The normalized spacial score (nSPS) is 24.6. The summed E-state index contributed by atoms with van der Waals surface area (Å²) in [5, 5.41) is 4.98. The van der Waals surface area contributed by atoms with Crippen LogP contribution >= 0.6 is 22.9 Å². The van der Waals surface area contributed by atoms with Crippen LogP contribution in [0.2, 0.25) is 5.28 Å². The van der Waals surface area contributed by atoms with Crippen molar-refractivity contribution in [1.82, 2.24) is 9.97 Å². The first-order chi connectivity index (χ1) is 10.7. The summed E-state index contributed by atoms with van der Waals surface area (Å²) in [6, 6.07) is 0. The van der Waals surface area contributed by atoms with Gasteiger partial charge in [-0.2, -0.15) is 0 Å². The molecule has 2 atom stereocenters. The van der Waals surface area contributed by atoms with Gasteiger partial charge in [0, 0.05) is 18.0 Å². The van der Waals surface area contributed by atoms with E-state index in [-0.39, 0.29) is 0 Å². The molecule has 1 N–H and O–H groups in total. The number of anilines is 1. The summed E-state index contributed by atoms with van der Waals surface area (Å²) < 4.78 is 5.69. The van der Waals surface area contributed by atoms with Gasteiger partial charge in [-0.05, 0) is 55.2 Å². The minimum absolute atomic E-state index is 0.290. The molecule has 2 aliphatic rings. The Morgan fingerprint density at radius 3 is 3.09 bits per heavy atom. The number of rotatable bonds is 3. The molecule has 2 aromatic rings. The van der Waals surface area contributed by atoms with E-state index in [0.29, 0.717) is 11.4 Å². The molecule has 0 saturated carbocycles. The van der Waals surface area contributed by atoms with Crippen LogP contribution in [-0.2, 0) is 17.6 Å². The average Bonchev–Trinajstić information content (AvgIpc) is 3.10. The number of aryl methyl sites for hydroxylation is 1. The van der Waals surface area contributed by atoms with Crippen LogP contribution in [-0.4, -0.2) is 29.2 Å². The number of aromatic nitrogens is 2. The van der Waals surface area contributed by atoms with Crippen molar-refractivity contribution in [3.8, 4) is 0 Å². The smallest absolute Gasteiger partial charge is 0.225 e. The van der Waals surface area contributed by atoms with E-state index in [1.165, 1.54) is 22.2 Å². The summed E-state index contributed by atoms with van der Waals surface area (Å²) in [5.74, 6) is 1.64. The first-order valence-electron chi connectivity index (χ1n) is 8.04. The molecule has 0 radical (unpaired) electrons. The number of ether oxygens (including phenoxy) is 1. The van der Waals surface area contributed by atoms with Crippen LogP contribution in [0.1, 0.15) is 36.6 Å². The topological polar surface area (TPSA) is 47.0 Å². The maximum Gasteiger partial charge on any atom is 0.225 e. The monoisotopic (exact) mass is 337 g/mol. The molecular formula is C16H20ClN3OS. The third kappa shape index (κ3) is 2.70. The van der Waals surface area contributed by atoms with Crippen molar-refractivity contribution in [2.45, 2.75) is 45.1 Å². The van der Waals surface area contributed by atoms with Gasteiger partial charge in [0.05, 0.1) is 11.5 Å². The highest BCUT2D eigenvalue weighted by atomic mass is 35.5. The lowest BCUT2D eigenvalue weighted by molar-refractivity contribution is 0.120. The Kier molecular flexibility index (Phi) is 3.96. The third-order valence-corrected chi connectivity index (χ3v) is 5.97. The fourth-order valence-corrected chi connectivity index (χ4v) is 5.06. The molecule has 0 bridgehead atoms. The summed E-state index contributed by atoms with van der Waals surface area (Å²) in [7, 11) is 0. The second-order valence-corrected chi connectivity index (χ2v) is 7.81. The first kappa shape index (κ1) is 14.7. The number of fused-ring (bicyclic) bond motifs is 3. The van der Waals surface area contributed by atoms with E-state index in [2.05, 4.69) is 22.2 Å². The lowest BCUT2D eigenvalue weighted by Crippen LogP contribution is -2.19. The molecule has 2 aromatic heterocycles. The molecule has 1 aliphatic carbocycles. The molecule has 22 heavy (non-hydrogen) atoms. The van der Waals surface area contributed by atoms with Gasteiger partial charge in [-0.25, -0.2) is 9.97 Å². The third-order valence-electron chi connectivity index (χ3n) is 4.65. The second-order valence-electron chi connectivity index (χ2n) is 6.39. The Labute approximate surface area is 139 Å². The molecule has 0 aromatic carbocycles. The molecule has 1 saturated heterocycles. The van der Waals surface area contributed by atoms with Crippen molar-refractivity contribution in [2.24, 2.45) is 5.92 Å². The second kappa shape index (κ2) is 5.95. The maximum atomic E-state index is 6.12. The van der Waals surface area contributed by atoms with Gasteiger partial charge in [0.1, 0.15) is 10.6 Å². The molecule has 0 amide bonds. The van der Waals surface area contributed by atoms with E-state index in [9.17, 15) is 0 Å². The molecule has 4 rings (SSSR count). The van der Waals surface area contributed by atoms with Crippen LogP contribution in [0.5, 0.6) is 0 Å². The molecule has 1 aliphatic heterocycles. The molecular weight excluding hydrogens is 318 g/mol. The molecule has 0 spiro atoms. The zero-order valence-corrected chi connectivity index (χ0v) is 14.3.